The van der Waals surface area contributed by atoms with Crippen molar-refractivity contribution in [3.8, 4) is 0 Å². The Kier molecular flexibility index (Phi) is 4.73. The van der Waals surface area contributed by atoms with Crippen LogP contribution in [-0.4, -0.2) is 27.2 Å². The van der Waals surface area contributed by atoms with Crippen LogP contribution in [0.3, 0.4) is 0 Å². The van der Waals surface area contributed by atoms with Crippen molar-refractivity contribution in [3.63, 3.8) is 0 Å². The maximum atomic E-state index is 12.0. The van der Waals surface area contributed by atoms with Gasteiger partial charge in [-0.15, -0.1) is 0 Å². The summed E-state index contributed by atoms with van der Waals surface area (Å²) in [5.74, 6) is -1.33. The summed E-state index contributed by atoms with van der Waals surface area (Å²) in [5.41, 5.74) is 1.79. The van der Waals surface area contributed by atoms with E-state index < -0.39 is 5.97 Å². The number of hydrogen-bond donors (Lipinski definition) is 3. The number of carbonyl (C=O) groups excluding carboxylic acids is 1. The molecule has 0 unspecified atom stereocenters. The fourth-order valence-electron chi connectivity index (χ4n) is 1.62. The van der Waals surface area contributed by atoms with Crippen molar-refractivity contribution in [1.82, 2.24) is 15.5 Å². The molecule has 0 aliphatic heterocycles. The van der Waals surface area contributed by atoms with Crippen LogP contribution in [0.25, 0.3) is 6.08 Å². The van der Waals surface area contributed by atoms with Crippen molar-refractivity contribution < 1.29 is 14.7 Å². The normalized spacial score (nSPS) is 10.7. The maximum absolute atomic E-state index is 12.0. The molecular weight excluding hydrogens is 294 g/mol. The van der Waals surface area contributed by atoms with Crippen LogP contribution in [0.15, 0.2) is 36.7 Å². The van der Waals surface area contributed by atoms with Crippen molar-refractivity contribution in [3.05, 3.63) is 58.4 Å². The zero-order valence-corrected chi connectivity index (χ0v) is 11.6. The van der Waals surface area contributed by atoms with Crippen LogP contribution in [0.2, 0.25) is 5.02 Å². The second-order valence-corrected chi connectivity index (χ2v) is 4.60. The molecule has 0 fully saturated rings. The monoisotopic (exact) mass is 305 g/mol. The van der Waals surface area contributed by atoms with E-state index in [0.717, 1.165) is 11.6 Å². The van der Waals surface area contributed by atoms with Gasteiger partial charge in [0.2, 0.25) is 0 Å². The van der Waals surface area contributed by atoms with Gasteiger partial charge in [0, 0.05) is 35.0 Å². The Morgan fingerprint density at radius 1 is 1.43 bits per heavy atom. The Labute approximate surface area is 125 Å². The Bertz CT molecular complexity index is 681. The van der Waals surface area contributed by atoms with E-state index in [9.17, 15) is 9.59 Å². The molecule has 3 N–H and O–H groups in total. The van der Waals surface area contributed by atoms with Crippen molar-refractivity contribution >= 4 is 29.6 Å². The molecule has 6 nitrogen and oxygen atoms in total. The Hall–Kier alpha value is -2.60. The molecule has 21 heavy (non-hydrogen) atoms. The van der Waals surface area contributed by atoms with Crippen molar-refractivity contribution in [2.24, 2.45) is 0 Å². The van der Waals surface area contributed by atoms with E-state index in [4.69, 9.17) is 16.7 Å². The number of aliphatic carboxylic acids is 1. The quantitative estimate of drug-likeness (QED) is 0.737. The van der Waals surface area contributed by atoms with Gasteiger partial charge in [-0.05, 0) is 23.8 Å². The number of H-pyrrole nitrogens is 1. The molecule has 0 bridgehead atoms. The summed E-state index contributed by atoms with van der Waals surface area (Å²) in [6, 6.07) is 4.67. The van der Waals surface area contributed by atoms with Gasteiger partial charge >= 0.3 is 5.97 Å². The lowest BCUT2D eigenvalue weighted by molar-refractivity contribution is -0.131. The van der Waals surface area contributed by atoms with E-state index in [1.807, 2.05) is 0 Å². The van der Waals surface area contributed by atoms with E-state index in [0.29, 0.717) is 22.7 Å². The van der Waals surface area contributed by atoms with Crippen LogP contribution >= 0.6 is 11.6 Å². The smallest absolute Gasteiger partial charge is 0.328 e. The van der Waals surface area contributed by atoms with Crippen LogP contribution in [0.5, 0.6) is 0 Å². The molecule has 2 aromatic rings. The summed E-state index contributed by atoms with van der Waals surface area (Å²) in [6.07, 6.45) is 5.66. The van der Waals surface area contributed by atoms with Gasteiger partial charge in [0.25, 0.3) is 5.91 Å². The lowest BCUT2D eigenvalue weighted by Crippen LogP contribution is -2.22. The fourth-order valence-corrected chi connectivity index (χ4v) is 1.87. The third-order valence-corrected chi connectivity index (χ3v) is 3.00. The SMILES string of the molecule is O=C(O)/C=C/c1ccc(C(=O)NCc2cn[nH]c2)cc1Cl. The topological polar surface area (TPSA) is 95.1 Å². The lowest BCUT2D eigenvalue weighted by Gasteiger charge is -2.05. The number of aromatic nitrogens is 2. The molecule has 0 saturated carbocycles. The van der Waals surface area contributed by atoms with E-state index in [2.05, 4.69) is 15.5 Å². The highest BCUT2D eigenvalue weighted by Gasteiger charge is 2.08. The first-order valence-electron chi connectivity index (χ1n) is 6.02. The second kappa shape index (κ2) is 6.71. The largest absolute Gasteiger partial charge is 0.478 e. The Morgan fingerprint density at radius 2 is 2.24 bits per heavy atom. The minimum atomic E-state index is -1.06. The molecule has 0 aliphatic rings. The third-order valence-electron chi connectivity index (χ3n) is 2.68. The van der Waals surface area contributed by atoms with Gasteiger partial charge in [0.15, 0.2) is 0 Å². The van der Waals surface area contributed by atoms with Gasteiger partial charge in [-0.2, -0.15) is 5.10 Å². The van der Waals surface area contributed by atoms with Crippen molar-refractivity contribution in [2.45, 2.75) is 6.54 Å². The number of hydrogen-bond acceptors (Lipinski definition) is 3. The molecule has 108 valence electrons. The molecule has 0 saturated heterocycles. The lowest BCUT2D eigenvalue weighted by atomic mass is 10.1. The standard InChI is InChI=1S/C14H12ClN3O3/c15-12-5-11(2-1-10(12)3-4-13(19)20)14(21)16-6-9-7-17-18-8-9/h1-5,7-8H,6H2,(H,16,21)(H,17,18)(H,19,20)/b4-3+. The molecule has 0 radical (unpaired) electrons. The molecule has 7 heteroatoms. The zero-order chi connectivity index (χ0) is 15.2. The summed E-state index contributed by atoms with van der Waals surface area (Å²) >= 11 is 6.02. The number of nitrogens with one attached hydrogen (secondary N) is 2. The predicted molar refractivity (Wildman–Crippen MR) is 77.9 cm³/mol. The minimum absolute atomic E-state index is 0.271. The zero-order valence-electron chi connectivity index (χ0n) is 10.8. The average molecular weight is 306 g/mol. The number of benzene rings is 1. The molecular formula is C14H12ClN3O3. The van der Waals surface area contributed by atoms with Crippen LogP contribution in [0.4, 0.5) is 0 Å². The van der Waals surface area contributed by atoms with Crippen LogP contribution in [-0.2, 0) is 11.3 Å². The fraction of sp³-hybridized carbons (Fsp3) is 0.0714. The summed E-state index contributed by atoms with van der Waals surface area (Å²) in [5, 5.41) is 18.0. The summed E-state index contributed by atoms with van der Waals surface area (Å²) < 4.78 is 0. The first-order chi connectivity index (χ1) is 10.1. The number of carbonyl (C=O) groups is 2. The van der Waals surface area contributed by atoms with Gasteiger partial charge in [0.1, 0.15) is 0 Å². The Balaban J connectivity index is 2.05. The highest BCUT2D eigenvalue weighted by atomic mass is 35.5. The first kappa shape index (κ1) is 14.8. The summed E-state index contributed by atoms with van der Waals surface area (Å²) in [7, 11) is 0. The molecule has 1 amide bonds. The first-order valence-corrected chi connectivity index (χ1v) is 6.40. The molecule has 1 aromatic heterocycles. The molecule has 2 rings (SSSR count). The molecule has 0 aliphatic carbocycles. The number of nitrogens with zero attached hydrogens (tertiary/aromatic N) is 1. The van der Waals surface area contributed by atoms with Crippen LogP contribution in [0.1, 0.15) is 21.5 Å². The minimum Gasteiger partial charge on any atom is -0.478 e. The second-order valence-electron chi connectivity index (χ2n) is 4.20. The van der Waals surface area contributed by atoms with Gasteiger partial charge in [-0.1, -0.05) is 17.7 Å². The average Bonchev–Trinajstić information content (AvgIpc) is 2.96. The number of aromatic amines is 1. The third kappa shape index (κ3) is 4.19. The number of halogens is 1. The van der Waals surface area contributed by atoms with Crippen LogP contribution < -0.4 is 5.32 Å². The molecule has 0 spiro atoms. The van der Waals surface area contributed by atoms with E-state index >= 15 is 0 Å². The van der Waals surface area contributed by atoms with Gasteiger partial charge < -0.3 is 10.4 Å². The van der Waals surface area contributed by atoms with Crippen molar-refractivity contribution in [1.29, 1.82) is 0 Å². The Morgan fingerprint density at radius 3 is 2.86 bits per heavy atom. The van der Waals surface area contributed by atoms with Gasteiger partial charge in [-0.3, -0.25) is 9.89 Å². The van der Waals surface area contributed by atoms with E-state index in [-0.39, 0.29) is 5.91 Å². The number of carboxylic acids is 1. The highest BCUT2D eigenvalue weighted by Crippen LogP contribution is 2.19. The van der Waals surface area contributed by atoms with Crippen molar-refractivity contribution in [2.75, 3.05) is 0 Å². The van der Waals surface area contributed by atoms with Crippen LogP contribution in [0, 0.1) is 0 Å². The number of carboxylic acid groups (broad SMARTS) is 1. The van der Waals surface area contributed by atoms with E-state index in [1.54, 1.807) is 24.5 Å². The molecule has 1 heterocycles. The summed E-state index contributed by atoms with van der Waals surface area (Å²) in [6.45, 7) is 0.355. The van der Waals surface area contributed by atoms with E-state index in [1.165, 1.54) is 12.1 Å². The summed E-state index contributed by atoms with van der Waals surface area (Å²) in [4.78, 5) is 22.4. The molecule has 0 atom stereocenters. The highest BCUT2D eigenvalue weighted by molar-refractivity contribution is 6.32. The number of amides is 1. The maximum Gasteiger partial charge on any atom is 0.328 e. The van der Waals surface area contributed by atoms with Gasteiger partial charge in [0.05, 0.1) is 6.20 Å². The number of rotatable bonds is 5. The van der Waals surface area contributed by atoms with Gasteiger partial charge in [-0.25, -0.2) is 4.79 Å². The predicted octanol–water partition coefficient (Wildman–Crippen LogP) is 2.09. The molecule has 1 aromatic carbocycles.